The van der Waals surface area contributed by atoms with E-state index in [-0.39, 0.29) is 57.5 Å². The second kappa shape index (κ2) is 22.7. The van der Waals surface area contributed by atoms with Gasteiger partial charge < -0.3 is 9.66 Å². The third kappa shape index (κ3) is 22.5. The van der Waals surface area contributed by atoms with Crippen LogP contribution in [0.15, 0.2) is 0 Å². The van der Waals surface area contributed by atoms with Crippen LogP contribution in [-0.4, -0.2) is 29.4 Å². The smallest absolute Gasteiger partial charge is 0.748 e. The maximum absolute atomic E-state index is 11.0. The van der Waals surface area contributed by atoms with Gasteiger partial charge in [0.1, 0.15) is 0 Å². The van der Waals surface area contributed by atoms with E-state index in [1.165, 1.54) is 57.8 Å². The van der Waals surface area contributed by atoms with Gasteiger partial charge in [-0.1, -0.05) is 110 Å². The second-order valence-corrected chi connectivity index (χ2v) is 10.1. The first-order chi connectivity index (χ1) is 13.4. The molecule has 0 amide bonds. The minimum Gasteiger partial charge on any atom is -0.748 e. The average molecular weight is 459 g/mol. The SMILES string of the molecule is CCCCCCCCCCCCC(O)CCCCCCCC(CC)S(=O)(=O)[O-].[K+]. The number of aliphatic hydroxyl groups is 1. The van der Waals surface area contributed by atoms with Crippen molar-refractivity contribution >= 4 is 10.1 Å². The van der Waals surface area contributed by atoms with Gasteiger partial charge >= 0.3 is 51.4 Å². The van der Waals surface area contributed by atoms with Crippen molar-refractivity contribution in [3.05, 3.63) is 0 Å². The average Bonchev–Trinajstić information content (AvgIpc) is 2.64. The summed E-state index contributed by atoms with van der Waals surface area (Å²) in [6.45, 7) is 4.02. The minimum absolute atomic E-state index is 0. The standard InChI is InChI=1S/C23H48O4S.K/c1-3-5-6-7-8-9-10-11-13-16-19-22(24)20-17-14-12-15-18-21-23(4-2)28(25,26)27;/h22-24H,3-21H2,1-2H3,(H,25,26,27);/q;+1/p-1. The predicted octanol–water partition coefficient (Wildman–Crippen LogP) is 3.72. The first-order valence-corrected chi connectivity index (χ1v) is 13.5. The third-order valence-corrected chi connectivity index (χ3v) is 7.20. The summed E-state index contributed by atoms with van der Waals surface area (Å²) in [6, 6.07) is 0. The van der Waals surface area contributed by atoms with Crippen LogP contribution in [0.4, 0.5) is 0 Å². The van der Waals surface area contributed by atoms with Crippen molar-refractivity contribution < 1.29 is 69.5 Å². The zero-order valence-corrected chi connectivity index (χ0v) is 23.6. The summed E-state index contributed by atoms with van der Waals surface area (Å²) in [7, 11) is -4.13. The molecule has 0 rings (SSSR count). The van der Waals surface area contributed by atoms with Crippen LogP contribution in [0.2, 0.25) is 0 Å². The van der Waals surface area contributed by atoms with E-state index < -0.39 is 15.4 Å². The van der Waals surface area contributed by atoms with E-state index in [2.05, 4.69) is 6.92 Å². The normalized spacial score (nSPS) is 13.8. The fraction of sp³-hybridized carbons (Fsp3) is 1.00. The summed E-state index contributed by atoms with van der Waals surface area (Å²) in [6.07, 6.45) is 20.8. The van der Waals surface area contributed by atoms with Gasteiger partial charge in [-0.2, -0.15) is 0 Å². The van der Waals surface area contributed by atoms with E-state index in [1.807, 2.05) is 0 Å². The quantitative estimate of drug-likeness (QED) is 0.162. The van der Waals surface area contributed by atoms with Gasteiger partial charge in [0.2, 0.25) is 0 Å². The fourth-order valence-electron chi connectivity index (χ4n) is 3.85. The Balaban J connectivity index is 0. The van der Waals surface area contributed by atoms with Gasteiger partial charge in [0.15, 0.2) is 0 Å². The molecule has 0 aliphatic heterocycles. The van der Waals surface area contributed by atoms with E-state index >= 15 is 0 Å². The summed E-state index contributed by atoms with van der Waals surface area (Å²) in [4.78, 5) is 0. The van der Waals surface area contributed by atoms with Gasteiger partial charge in [-0.3, -0.25) is 0 Å². The molecule has 0 aromatic heterocycles. The van der Waals surface area contributed by atoms with Crippen LogP contribution in [0.3, 0.4) is 0 Å². The Bertz CT molecular complexity index is 429. The molecule has 2 atom stereocenters. The van der Waals surface area contributed by atoms with E-state index in [9.17, 15) is 18.1 Å². The molecule has 4 nitrogen and oxygen atoms in total. The molecule has 0 bridgehead atoms. The molecule has 0 aliphatic carbocycles. The summed E-state index contributed by atoms with van der Waals surface area (Å²) in [5.74, 6) is 0. The maximum Gasteiger partial charge on any atom is 1.00 e. The van der Waals surface area contributed by atoms with Crippen LogP contribution in [-0.2, 0) is 10.1 Å². The molecule has 0 aromatic carbocycles. The molecule has 29 heavy (non-hydrogen) atoms. The van der Waals surface area contributed by atoms with Crippen molar-refractivity contribution in [3.63, 3.8) is 0 Å². The molecule has 0 saturated heterocycles. The topological polar surface area (TPSA) is 77.4 Å². The number of hydrogen-bond donors (Lipinski definition) is 1. The zero-order valence-electron chi connectivity index (χ0n) is 19.7. The second-order valence-electron chi connectivity index (χ2n) is 8.49. The van der Waals surface area contributed by atoms with Crippen LogP contribution in [0, 0.1) is 0 Å². The third-order valence-electron chi connectivity index (χ3n) is 5.82. The van der Waals surface area contributed by atoms with Crippen LogP contribution in [0.5, 0.6) is 0 Å². The molecule has 170 valence electrons. The first kappa shape index (κ1) is 32.7. The summed E-state index contributed by atoms with van der Waals surface area (Å²) in [5, 5.41) is 9.36. The fourth-order valence-corrected chi connectivity index (χ4v) is 4.71. The van der Waals surface area contributed by atoms with Crippen molar-refractivity contribution in [1.82, 2.24) is 0 Å². The Kier molecular flexibility index (Phi) is 25.6. The summed E-state index contributed by atoms with van der Waals surface area (Å²) >= 11 is 0. The number of hydrogen-bond acceptors (Lipinski definition) is 4. The molecule has 0 heterocycles. The van der Waals surface area contributed by atoms with Gasteiger partial charge in [0.05, 0.1) is 16.2 Å². The predicted molar refractivity (Wildman–Crippen MR) is 119 cm³/mol. The van der Waals surface area contributed by atoms with Crippen molar-refractivity contribution in [2.75, 3.05) is 0 Å². The van der Waals surface area contributed by atoms with E-state index in [0.717, 1.165) is 51.4 Å². The van der Waals surface area contributed by atoms with Gasteiger partial charge in [-0.15, -0.1) is 0 Å². The van der Waals surface area contributed by atoms with Crippen molar-refractivity contribution in [2.24, 2.45) is 0 Å². The van der Waals surface area contributed by atoms with Crippen LogP contribution >= 0.6 is 0 Å². The molecule has 6 heteroatoms. The van der Waals surface area contributed by atoms with Crippen LogP contribution in [0.1, 0.15) is 136 Å². The minimum atomic E-state index is -4.13. The van der Waals surface area contributed by atoms with E-state index in [1.54, 1.807) is 6.92 Å². The molecule has 0 aliphatic rings. The molecular formula is C23H47KO4S. The van der Waals surface area contributed by atoms with Crippen molar-refractivity contribution in [2.45, 2.75) is 147 Å². The number of rotatable bonds is 21. The Morgan fingerprint density at radius 1 is 0.655 bits per heavy atom. The van der Waals surface area contributed by atoms with Gasteiger partial charge in [0.25, 0.3) is 0 Å². The Morgan fingerprint density at radius 2 is 1.00 bits per heavy atom. The number of aliphatic hydroxyl groups excluding tert-OH is 1. The maximum atomic E-state index is 11.0. The van der Waals surface area contributed by atoms with Gasteiger partial charge in [-0.25, -0.2) is 8.42 Å². The molecule has 0 spiro atoms. The van der Waals surface area contributed by atoms with Crippen LogP contribution < -0.4 is 51.4 Å². The molecule has 0 radical (unpaired) electrons. The first-order valence-electron chi connectivity index (χ1n) is 12.0. The summed E-state index contributed by atoms with van der Waals surface area (Å²) < 4.78 is 33.1. The monoisotopic (exact) mass is 458 g/mol. The van der Waals surface area contributed by atoms with Crippen LogP contribution in [0.25, 0.3) is 0 Å². The zero-order chi connectivity index (χ0) is 21.1. The summed E-state index contributed by atoms with van der Waals surface area (Å²) in [5.41, 5.74) is 0. The Morgan fingerprint density at radius 3 is 1.34 bits per heavy atom. The Hall–Kier alpha value is 1.51. The van der Waals surface area contributed by atoms with Gasteiger partial charge in [-0.05, 0) is 25.7 Å². The molecular weight excluding hydrogens is 411 g/mol. The van der Waals surface area contributed by atoms with E-state index in [0.29, 0.717) is 12.8 Å². The van der Waals surface area contributed by atoms with Crippen molar-refractivity contribution in [3.8, 4) is 0 Å². The van der Waals surface area contributed by atoms with Gasteiger partial charge in [0, 0.05) is 5.25 Å². The molecule has 2 unspecified atom stereocenters. The van der Waals surface area contributed by atoms with Crippen molar-refractivity contribution in [1.29, 1.82) is 0 Å². The molecule has 1 N–H and O–H groups in total. The number of unbranched alkanes of at least 4 members (excludes halogenated alkanes) is 13. The molecule has 0 saturated carbocycles. The largest absolute Gasteiger partial charge is 1.00 e. The van der Waals surface area contributed by atoms with E-state index in [4.69, 9.17) is 0 Å². The molecule has 0 fully saturated rings. The Labute approximate surface area is 224 Å². The molecule has 0 aromatic rings.